The van der Waals surface area contributed by atoms with Crippen LogP contribution in [0.15, 0.2) is 67.1 Å². The molecule has 8 heteroatoms. The van der Waals surface area contributed by atoms with Crippen LogP contribution in [0.4, 0.5) is 17.3 Å². The van der Waals surface area contributed by atoms with Crippen molar-refractivity contribution in [2.75, 3.05) is 17.2 Å². The number of hydrogen-bond donors (Lipinski definition) is 4. The highest BCUT2D eigenvalue weighted by molar-refractivity contribution is 6.04. The molecule has 0 aliphatic heterocycles. The molecule has 0 saturated heterocycles. The number of aromatic amines is 1. The maximum atomic E-state index is 12.9. The van der Waals surface area contributed by atoms with Crippen molar-refractivity contribution in [3.8, 4) is 0 Å². The van der Waals surface area contributed by atoms with E-state index in [1.165, 1.54) is 16.7 Å². The Bertz CT molecular complexity index is 1330. The van der Waals surface area contributed by atoms with Crippen molar-refractivity contribution >= 4 is 23.2 Å². The quantitative estimate of drug-likeness (QED) is 0.257. The fourth-order valence-electron chi connectivity index (χ4n) is 4.51. The SMILES string of the molecule is CCNC1(c2ccc(C(=O)Nc3ccc(C)c(CCc4cc(Nc5cnccn5)n[nH]4)c3)cc2)CC1. The second-order valence-electron chi connectivity index (χ2n) is 9.28. The summed E-state index contributed by atoms with van der Waals surface area (Å²) in [7, 11) is 0. The zero-order chi connectivity index (χ0) is 25.0. The average Bonchev–Trinajstić information content (AvgIpc) is 3.55. The number of rotatable bonds is 10. The van der Waals surface area contributed by atoms with E-state index in [0.717, 1.165) is 43.6 Å². The van der Waals surface area contributed by atoms with E-state index in [2.05, 4.69) is 74.2 Å². The molecule has 2 aromatic heterocycles. The summed E-state index contributed by atoms with van der Waals surface area (Å²) in [6, 6.07) is 16.0. The largest absolute Gasteiger partial charge is 0.322 e. The molecule has 1 fully saturated rings. The van der Waals surface area contributed by atoms with E-state index < -0.39 is 0 Å². The van der Waals surface area contributed by atoms with E-state index in [0.29, 0.717) is 17.2 Å². The minimum atomic E-state index is -0.0991. The van der Waals surface area contributed by atoms with Crippen molar-refractivity contribution in [3.05, 3.63) is 95.1 Å². The molecule has 8 nitrogen and oxygen atoms in total. The molecule has 184 valence electrons. The number of carbonyl (C=O) groups excluding carboxylic acids is 1. The van der Waals surface area contributed by atoms with E-state index in [-0.39, 0.29) is 11.4 Å². The van der Waals surface area contributed by atoms with Gasteiger partial charge in [0.05, 0.1) is 6.20 Å². The van der Waals surface area contributed by atoms with Crippen LogP contribution in [0.1, 0.15) is 52.5 Å². The minimum Gasteiger partial charge on any atom is -0.322 e. The Kier molecular flexibility index (Phi) is 6.77. The van der Waals surface area contributed by atoms with Crippen molar-refractivity contribution in [3.63, 3.8) is 0 Å². The first-order valence-electron chi connectivity index (χ1n) is 12.4. The first-order valence-corrected chi connectivity index (χ1v) is 12.4. The number of H-pyrrole nitrogens is 1. The lowest BCUT2D eigenvalue weighted by Crippen LogP contribution is -2.28. The normalized spacial score (nSPS) is 13.8. The smallest absolute Gasteiger partial charge is 0.255 e. The predicted octanol–water partition coefficient (Wildman–Crippen LogP) is 4.89. The van der Waals surface area contributed by atoms with Crippen LogP contribution in [0.2, 0.25) is 0 Å². The van der Waals surface area contributed by atoms with Crippen molar-refractivity contribution in [1.82, 2.24) is 25.5 Å². The number of aryl methyl sites for hydroxylation is 3. The van der Waals surface area contributed by atoms with Gasteiger partial charge in [0.1, 0.15) is 5.82 Å². The molecule has 1 saturated carbocycles. The molecule has 2 heterocycles. The van der Waals surface area contributed by atoms with Gasteiger partial charge in [0.15, 0.2) is 5.82 Å². The maximum absolute atomic E-state index is 12.9. The van der Waals surface area contributed by atoms with Crippen molar-refractivity contribution in [2.45, 2.75) is 45.1 Å². The lowest BCUT2D eigenvalue weighted by atomic mass is 10.0. The van der Waals surface area contributed by atoms with Gasteiger partial charge >= 0.3 is 0 Å². The second-order valence-corrected chi connectivity index (χ2v) is 9.28. The zero-order valence-electron chi connectivity index (χ0n) is 20.6. The van der Waals surface area contributed by atoms with Gasteiger partial charge in [-0.3, -0.25) is 14.9 Å². The third-order valence-electron chi connectivity index (χ3n) is 6.69. The molecule has 0 atom stereocenters. The zero-order valence-corrected chi connectivity index (χ0v) is 20.6. The third-order valence-corrected chi connectivity index (χ3v) is 6.69. The molecule has 36 heavy (non-hydrogen) atoms. The average molecular weight is 482 g/mol. The van der Waals surface area contributed by atoms with Crippen LogP contribution in [-0.4, -0.2) is 32.6 Å². The van der Waals surface area contributed by atoms with Gasteiger partial charge in [0, 0.05) is 40.9 Å². The summed E-state index contributed by atoms with van der Waals surface area (Å²) in [5.74, 6) is 1.25. The Balaban J connectivity index is 1.19. The van der Waals surface area contributed by atoms with Crippen LogP contribution in [0.5, 0.6) is 0 Å². The van der Waals surface area contributed by atoms with Gasteiger partial charge in [-0.15, -0.1) is 0 Å². The molecule has 4 aromatic rings. The number of amides is 1. The van der Waals surface area contributed by atoms with Crippen LogP contribution in [0, 0.1) is 6.92 Å². The minimum absolute atomic E-state index is 0.0991. The van der Waals surface area contributed by atoms with E-state index >= 15 is 0 Å². The Morgan fingerprint density at radius 1 is 1.03 bits per heavy atom. The third kappa shape index (κ3) is 5.44. The summed E-state index contributed by atoms with van der Waals surface area (Å²) in [6.45, 7) is 5.16. The Labute approximate surface area is 211 Å². The van der Waals surface area contributed by atoms with Gasteiger partial charge < -0.3 is 16.0 Å². The fourth-order valence-corrected chi connectivity index (χ4v) is 4.51. The van der Waals surface area contributed by atoms with Crippen molar-refractivity contribution < 1.29 is 4.79 Å². The molecule has 1 amide bonds. The van der Waals surface area contributed by atoms with Gasteiger partial charge in [-0.05, 0) is 80.1 Å². The highest BCUT2D eigenvalue weighted by atomic mass is 16.1. The number of benzene rings is 2. The number of carbonyl (C=O) groups is 1. The molecule has 0 bridgehead atoms. The summed E-state index contributed by atoms with van der Waals surface area (Å²) >= 11 is 0. The van der Waals surface area contributed by atoms with Crippen LogP contribution in [0.3, 0.4) is 0 Å². The van der Waals surface area contributed by atoms with Crippen LogP contribution in [-0.2, 0) is 18.4 Å². The molecule has 4 N–H and O–H groups in total. The Morgan fingerprint density at radius 3 is 2.58 bits per heavy atom. The molecule has 0 spiro atoms. The number of hydrogen-bond acceptors (Lipinski definition) is 6. The van der Waals surface area contributed by atoms with Gasteiger partial charge in [0.25, 0.3) is 5.91 Å². The Hall–Kier alpha value is -4.04. The summed E-state index contributed by atoms with van der Waals surface area (Å²) in [5.41, 5.74) is 6.21. The van der Waals surface area contributed by atoms with E-state index in [1.54, 1.807) is 18.6 Å². The predicted molar refractivity (Wildman–Crippen MR) is 141 cm³/mol. The molecular formula is C28H31N7O. The second kappa shape index (κ2) is 10.3. The van der Waals surface area contributed by atoms with Crippen molar-refractivity contribution in [2.24, 2.45) is 0 Å². The monoisotopic (exact) mass is 481 g/mol. The molecule has 0 radical (unpaired) electrons. The van der Waals surface area contributed by atoms with Gasteiger partial charge in [-0.1, -0.05) is 25.1 Å². The number of anilines is 3. The van der Waals surface area contributed by atoms with Crippen LogP contribution < -0.4 is 16.0 Å². The van der Waals surface area contributed by atoms with Gasteiger partial charge in [-0.25, -0.2) is 4.98 Å². The van der Waals surface area contributed by atoms with E-state index in [4.69, 9.17) is 0 Å². The first-order chi connectivity index (χ1) is 17.5. The van der Waals surface area contributed by atoms with Crippen molar-refractivity contribution in [1.29, 1.82) is 0 Å². The molecule has 0 unspecified atom stereocenters. The highest BCUT2D eigenvalue weighted by Gasteiger charge is 2.43. The Morgan fingerprint density at radius 2 is 1.86 bits per heavy atom. The summed E-state index contributed by atoms with van der Waals surface area (Å²) < 4.78 is 0. The summed E-state index contributed by atoms with van der Waals surface area (Å²) in [6.07, 6.45) is 8.83. The maximum Gasteiger partial charge on any atom is 0.255 e. The number of aromatic nitrogens is 4. The molecule has 1 aliphatic carbocycles. The van der Waals surface area contributed by atoms with Crippen LogP contribution in [0.25, 0.3) is 0 Å². The van der Waals surface area contributed by atoms with Gasteiger partial charge in [0.2, 0.25) is 0 Å². The number of nitrogens with zero attached hydrogens (tertiary/aromatic N) is 3. The van der Waals surface area contributed by atoms with Crippen LogP contribution >= 0.6 is 0 Å². The summed E-state index contributed by atoms with van der Waals surface area (Å²) in [4.78, 5) is 21.1. The number of nitrogens with one attached hydrogen (secondary N) is 4. The molecule has 5 rings (SSSR count). The molecule has 1 aliphatic rings. The molecule has 2 aromatic carbocycles. The van der Waals surface area contributed by atoms with E-state index in [1.807, 2.05) is 24.3 Å². The molecular weight excluding hydrogens is 450 g/mol. The lowest BCUT2D eigenvalue weighted by molar-refractivity contribution is 0.102. The summed E-state index contributed by atoms with van der Waals surface area (Å²) in [5, 5.41) is 17.1. The first kappa shape index (κ1) is 23.7. The lowest BCUT2D eigenvalue weighted by Gasteiger charge is -2.17. The highest BCUT2D eigenvalue weighted by Crippen LogP contribution is 2.45. The van der Waals surface area contributed by atoms with Gasteiger partial charge in [-0.2, -0.15) is 5.10 Å². The standard InChI is InChI=1S/C28H31N7O/c1-3-31-28(12-13-28)22-8-5-20(6-9-22)27(36)32-23-10-4-19(2)21(16-23)7-11-24-17-25(35-34-24)33-26-18-29-14-15-30-26/h4-6,8-10,14-18,31H,3,7,11-13H2,1-2H3,(H,32,36)(H2,30,33,34,35). The topological polar surface area (TPSA) is 108 Å². The fraction of sp³-hybridized carbons (Fsp3) is 0.286. The van der Waals surface area contributed by atoms with E-state index in [9.17, 15) is 4.79 Å².